The molecule has 1 heteroatoms. The minimum absolute atomic E-state index is 0.251. The van der Waals surface area contributed by atoms with Crippen LogP contribution in [-0.2, 0) is 11.8 Å². The quantitative estimate of drug-likeness (QED) is 0.652. The topological polar surface area (TPSA) is 12.0 Å². The van der Waals surface area contributed by atoms with Crippen molar-refractivity contribution in [3.8, 4) is 0 Å². The molecule has 20 heavy (non-hydrogen) atoms. The molecule has 0 aliphatic rings. The molecule has 0 aliphatic heterocycles. The van der Waals surface area contributed by atoms with E-state index in [0.29, 0.717) is 6.04 Å². The van der Waals surface area contributed by atoms with Crippen molar-refractivity contribution in [2.24, 2.45) is 0 Å². The van der Waals surface area contributed by atoms with Gasteiger partial charge in [-0.25, -0.2) is 0 Å². The van der Waals surface area contributed by atoms with E-state index in [1.54, 1.807) is 0 Å². The fraction of sp³-hybridized carbons (Fsp3) is 0.684. The summed E-state index contributed by atoms with van der Waals surface area (Å²) in [6.07, 6.45) is 7.84. The van der Waals surface area contributed by atoms with Gasteiger partial charge in [0.25, 0.3) is 0 Å². The van der Waals surface area contributed by atoms with Crippen LogP contribution in [0.1, 0.15) is 70.9 Å². The summed E-state index contributed by atoms with van der Waals surface area (Å²) in [4.78, 5) is 0. The second-order valence-corrected chi connectivity index (χ2v) is 6.99. The molecular weight excluding hydrogens is 242 g/mol. The van der Waals surface area contributed by atoms with Crippen molar-refractivity contribution in [1.29, 1.82) is 0 Å². The molecule has 0 radical (unpaired) electrons. The molecule has 0 amide bonds. The molecule has 1 aromatic carbocycles. The first-order valence-corrected chi connectivity index (χ1v) is 8.24. The van der Waals surface area contributed by atoms with E-state index in [0.717, 1.165) is 6.42 Å². The van der Waals surface area contributed by atoms with Crippen LogP contribution in [-0.4, -0.2) is 13.1 Å². The van der Waals surface area contributed by atoms with E-state index >= 15 is 0 Å². The predicted octanol–water partition coefficient (Wildman–Crippen LogP) is 5.09. The van der Waals surface area contributed by atoms with Gasteiger partial charge in [-0.3, -0.25) is 0 Å². The van der Waals surface area contributed by atoms with E-state index in [4.69, 9.17) is 0 Å². The first kappa shape index (κ1) is 17.2. The number of unbranched alkanes of at least 4 members (excludes halogenated alkanes) is 3. The van der Waals surface area contributed by atoms with E-state index in [-0.39, 0.29) is 5.41 Å². The summed E-state index contributed by atoms with van der Waals surface area (Å²) in [6, 6.07) is 9.80. The van der Waals surface area contributed by atoms with E-state index in [1.807, 2.05) is 0 Å². The highest BCUT2D eigenvalue weighted by atomic mass is 14.9. The Labute approximate surface area is 126 Å². The van der Waals surface area contributed by atoms with E-state index in [1.165, 1.54) is 43.2 Å². The van der Waals surface area contributed by atoms with Gasteiger partial charge in [-0.15, -0.1) is 0 Å². The zero-order chi connectivity index (χ0) is 15.0. The van der Waals surface area contributed by atoms with Crippen molar-refractivity contribution in [2.75, 3.05) is 7.05 Å². The molecule has 1 atom stereocenters. The summed E-state index contributed by atoms with van der Waals surface area (Å²) in [5.74, 6) is 0. The number of likely N-dealkylation sites (N-methyl/N-ethyl adjacent to an activating group) is 1. The lowest BCUT2D eigenvalue weighted by Crippen LogP contribution is -2.27. The highest BCUT2D eigenvalue weighted by molar-refractivity contribution is 5.27. The van der Waals surface area contributed by atoms with Crippen molar-refractivity contribution in [2.45, 2.75) is 77.7 Å². The van der Waals surface area contributed by atoms with E-state index in [9.17, 15) is 0 Å². The monoisotopic (exact) mass is 275 g/mol. The molecule has 0 saturated heterocycles. The summed E-state index contributed by atoms with van der Waals surface area (Å²) < 4.78 is 0. The lowest BCUT2D eigenvalue weighted by Gasteiger charge is -2.20. The van der Waals surface area contributed by atoms with Crippen LogP contribution in [0.3, 0.4) is 0 Å². The van der Waals surface area contributed by atoms with Crippen LogP contribution in [0.15, 0.2) is 24.3 Å². The molecule has 114 valence electrons. The number of hydrogen-bond donors (Lipinski definition) is 1. The van der Waals surface area contributed by atoms with Gasteiger partial charge in [0.15, 0.2) is 0 Å². The Bertz CT molecular complexity index is 358. The van der Waals surface area contributed by atoms with Crippen LogP contribution in [0.4, 0.5) is 0 Å². The molecular formula is C19H33N. The molecule has 0 saturated carbocycles. The zero-order valence-electron chi connectivity index (χ0n) is 14.1. The molecule has 0 aliphatic carbocycles. The average molecular weight is 275 g/mol. The zero-order valence-corrected chi connectivity index (χ0v) is 14.1. The molecule has 1 aromatic rings. The third kappa shape index (κ3) is 6.09. The lowest BCUT2D eigenvalue weighted by atomic mass is 9.86. The lowest BCUT2D eigenvalue weighted by molar-refractivity contribution is 0.485. The molecule has 1 nitrogen and oxygen atoms in total. The smallest absolute Gasteiger partial charge is 0.0104 e. The van der Waals surface area contributed by atoms with E-state index in [2.05, 4.69) is 64.3 Å². The van der Waals surface area contributed by atoms with Gasteiger partial charge in [-0.2, -0.15) is 0 Å². The summed E-state index contributed by atoms with van der Waals surface area (Å²) in [6.45, 7) is 9.08. The molecule has 0 bridgehead atoms. The number of nitrogens with one attached hydrogen (secondary N) is 1. The van der Waals surface area contributed by atoms with Crippen molar-refractivity contribution >= 4 is 0 Å². The van der Waals surface area contributed by atoms with Crippen LogP contribution in [0, 0.1) is 0 Å². The van der Waals surface area contributed by atoms with Gasteiger partial charge >= 0.3 is 0 Å². The third-order valence-electron chi connectivity index (χ3n) is 4.12. The first-order chi connectivity index (χ1) is 9.47. The van der Waals surface area contributed by atoms with Crippen molar-refractivity contribution in [3.63, 3.8) is 0 Å². The second kappa shape index (κ2) is 8.46. The normalized spacial score (nSPS) is 13.4. The number of hydrogen-bond acceptors (Lipinski definition) is 1. The second-order valence-electron chi connectivity index (χ2n) is 6.99. The van der Waals surface area contributed by atoms with Crippen LogP contribution in [0.2, 0.25) is 0 Å². The molecule has 0 heterocycles. The maximum absolute atomic E-state index is 3.47. The summed E-state index contributed by atoms with van der Waals surface area (Å²) in [5, 5.41) is 3.47. The summed E-state index contributed by atoms with van der Waals surface area (Å²) >= 11 is 0. The minimum Gasteiger partial charge on any atom is -0.317 e. The maximum Gasteiger partial charge on any atom is 0.0104 e. The van der Waals surface area contributed by atoms with Crippen molar-refractivity contribution in [3.05, 3.63) is 35.4 Å². The van der Waals surface area contributed by atoms with E-state index < -0.39 is 0 Å². The Morgan fingerprint density at radius 3 is 2.15 bits per heavy atom. The van der Waals surface area contributed by atoms with Gasteiger partial charge in [-0.05, 0) is 36.4 Å². The van der Waals surface area contributed by atoms with Gasteiger partial charge in [0.2, 0.25) is 0 Å². The van der Waals surface area contributed by atoms with Crippen LogP contribution in [0.5, 0.6) is 0 Å². The predicted molar refractivity (Wildman–Crippen MR) is 90.5 cm³/mol. The Morgan fingerprint density at radius 2 is 1.65 bits per heavy atom. The standard InChI is InChI=1S/C19H33N/c1-6-7-8-9-10-18(20-5)15-16-11-13-17(14-12-16)19(2,3)4/h11-14,18,20H,6-10,15H2,1-5H3. The molecule has 1 rings (SSSR count). The van der Waals surface area contributed by atoms with Crippen molar-refractivity contribution < 1.29 is 0 Å². The van der Waals surface area contributed by atoms with Gasteiger partial charge in [0, 0.05) is 6.04 Å². The van der Waals surface area contributed by atoms with Gasteiger partial charge < -0.3 is 5.32 Å². The number of benzene rings is 1. The molecule has 0 spiro atoms. The molecule has 0 aromatic heterocycles. The fourth-order valence-electron chi connectivity index (χ4n) is 2.59. The Kier molecular flexibility index (Phi) is 7.29. The largest absolute Gasteiger partial charge is 0.317 e. The average Bonchev–Trinajstić information content (AvgIpc) is 2.42. The van der Waals surface area contributed by atoms with Gasteiger partial charge in [-0.1, -0.05) is 77.6 Å². The van der Waals surface area contributed by atoms with Crippen LogP contribution < -0.4 is 5.32 Å². The number of rotatable bonds is 8. The molecule has 1 unspecified atom stereocenters. The van der Waals surface area contributed by atoms with Crippen molar-refractivity contribution in [1.82, 2.24) is 5.32 Å². The summed E-state index contributed by atoms with van der Waals surface area (Å²) in [5.41, 5.74) is 3.12. The first-order valence-electron chi connectivity index (χ1n) is 8.24. The Morgan fingerprint density at radius 1 is 1.00 bits per heavy atom. The maximum atomic E-state index is 3.47. The Balaban J connectivity index is 2.49. The van der Waals surface area contributed by atoms with Crippen LogP contribution >= 0.6 is 0 Å². The van der Waals surface area contributed by atoms with Gasteiger partial charge in [0.05, 0.1) is 0 Å². The summed E-state index contributed by atoms with van der Waals surface area (Å²) in [7, 11) is 2.09. The highest BCUT2D eigenvalue weighted by Crippen LogP contribution is 2.22. The van der Waals surface area contributed by atoms with Gasteiger partial charge in [0.1, 0.15) is 0 Å². The SMILES string of the molecule is CCCCCCC(Cc1ccc(C(C)(C)C)cc1)NC. The Hall–Kier alpha value is -0.820. The minimum atomic E-state index is 0.251. The van der Waals surface area contributed by atoms with Crippen LogP contribution in [0.25, 0.3) is 0 Å². The molecule has 0 fully saturated rings. The fourth-order valence-corrected chi connectivity index (χ4v) is 2.59. The molecule has 1 N–H and O–H groups in total. The third-order valence-corrected chi connectivity index (χ3v) is 4.12. The highest BCUT2D eigenvalue weighted by Gasteiger charge is 2.13.